The van der Waals surface area contributed by atoms with E-state index in [0.717, 1.165) is 32.4 Å². The third kappa shape index (κ3) is 1.53. The van der Waals surface area contributed by atoms with E-state index in [9.17, 15) is 9.90 Å². The average Bonchev–Trinajstić information content (AvgIpc) is 1.99. The second-order valence-corrected chi connectivity index (χ2v) is 4.54. The topological polar surface area (TPSA) is 69.6 Å². The molecule has 1 saturated heterocycles. The minimum Gasteiger partial charge on any atom is -0.481 e. The molecule has 1 heterocycles. The lowest BCUT2D eigenvalue weighted by molar-refractivity contribution is -0.157. The van der Waals surface area contributed by atoms with E-state index in [1.807, 2.05) is 0 Å². The molecule has 4 nitrogen and oxygen atoms in total. The molecule has 2 atom stereocenters. The molecule has 2 rings (SSSR count). The largest absolute Gasteiger partial charge is 0.481 e. The minimum atomic E-state index is -0.949. The molecule has 0 amide bonds. The van der Waals surface area contributed by atoms with Crippen molar-refractivity contribution in [3.63, 3.8) is 0 Å². The van der Waals surface area contributed by atoms with Gasteiger partial charge in [-0.2, -0.15) is 0 Å². The van der Waals surface area contributed by atoms with E-state index in [1.165, 1.54) is 0 Å². The number of fused-ring (bicyclic) bond motifs is 2. The molecule has 1 aliphatic carbocycles. The van der Waals surface area contributed by atoms with Crippen LogP contribution in [0.3, 0.4) is 0 Å². The molecule has 1 aliphatic heterocycles. The second kappa shape index (κ2) is 3.51. The Morgan fingerprint density at radius 3 is 2.43 bits per heavy atom. The SMILES string of the molecule is O=C(O)CC1(O)C2CCCC1CNC2. The van der Waals surface area contributed by atoms with Crippen LogP contribution in [-0.2, 0) is 4.79 Å². The zero-order chi connectivity index (χ0) is 10.2. The van der Waals surface area contributed by atoms with Crippen molar-refractivity contribution in [1.82, 2.24) is 5.32 Å². The number of hydrogen-bond acceptors (Lipinski definition) is 3. The Morgan fingerprint density at radius 2 is 1.93 bits per heavy atom. The molecule has 0 spiro atoms. The summed E-state index contributed by atoms with van der Waals surface area (Å²) in [5.74, 6) is -0.622. The van der Waals surface area contributed by atoms with Crippen molar-refractivity contribution < 1.29 is 15.0 Å². The van der Waals surface area contributed by atoms with Gasteiger partial charge in [0.25, 0.3) is 0 Å². The summed E-state index contributed by atoms with van der Waals surface area (Å²) in [6.07, 6.45) is 2.93. The van der Waals surface area contributed by atoms with E-state index in [0.29, 0.717) is 0 Å². The molecular weight excluding hydrogens is 182 g/mol. The number of carbonyl (C=O) groups is 1. The van der Waals surface area contributed by atoms with Crippen molar-refractivity contribution in [2.75, 3.05) is 13.1 Å². The van der Waals surface area contributed by atoms with Crippen molar-refractivity contribution in [2.45, 2.75) is 31.3 Å². The Hall–Kier alpha value is -0.610. The fraction of sp³-hybridized carbons (Fsp3) is 0.900. The van der Waals surface area contributed by atoms with Crippen LogP contribution in [0.4, 0.5) is 0 Å². The molecule has 3 N–H and O–H groups in total. The Kier molecular flexibility index (Phi) is 2.49. The molecule has 0 radical (unpaired) electrons. The molecule has 2 fully saturated rings. The summed E-state index contributed by atoms with van der Waals surface area (Å²) in [4.78, 5) is 10.7. The first-order valence-electron chi connectivity index (χ1n) is 5.28. The van der Waals surface area contributed by atoms with Crippen molar-refractivity contribution in [1.29, 1.82) is 0 Å². The number of nitrogens with one attached hydrogen (secondary N) is 1. The van der Waals surface area contributed by atoms with Crippen LogP contribution in [0.5, 0.6) is 0 Å². The zero-order valence-corrected chi connectivity index (χ0v) is 8.20. The van der Waals surface area contributed by atoms with Gasteiger partial charge >= 0.3 is 5.97 Å². The minimum absolute atomic E-state index is 0.0932. The van der Waals surface area contributed by atoms with Crippen LogP contribution in [0.15, 0.2) is 0 Å². The first-order valence-corrected chi connectivity index (χ1v) is 5.28. The summed E-state index contributed by atoms with van der Waals surface area (Å²) in [6.45, 7) is 1.53. The highest BCUT2D eigenvalue weighted by atomic mass is 16.4. The molecule has 14 heavy (non-hydrogen) atoms. The predicted molar refractivity (Wildman–Crippen MR) is 50.9 cm³/mol. The molecule has 0 aromatic rings. The normalized spacial score (nSPS) is 42.1. The molecule has 4 heteroatoms. The second-order valence-electron chi connectivity index (χ2n) is 4.54. The van der Waals surface area contributed by atoms with Gasteiger partial charge in [-0.1, -0.05) is 6.42 Å². The molecule has 1 saturated carbocycles. The lowest BCUT2D eigenvalue weighted by Crippen LogP contribution is -2.59. The molecule has 2 unspecified atom stereocenters. The third-order valence-electron chi connectivity index (χ3n) is 3.73. The van der Waals surface area contributed by atoms with E-state index in [4.69, 9.17) is 5.11 Å². The molecular formula is C10H17NO3. The van der Waals surface area contributed by atoms with Gasteiger partial charge in [-0.05, 0) is 12.8 Å². The Morgan fingerprint density at radius 1 is 1.36 bits per heavy atom. The predicted octanol–water partition coefficient (Wildman–Crippen LogP) is 0.212. The first-order chi connectivity index (χ1) is 6.63. The molecule has 2 aliphatic rings. The maximum Gasteiger partial charge on any atom is 0.306 e. The van der Waals surface area contributed by atoms with Crippen molar-refractivity contribution in [2.24, 2.45) is 11.8 Å². The molecule has 2 bridgehead atoms. The number of carboxylic acid groups (broad SMARTS) is 1. The van der Waals surface area contributed by atoms with Gasteiger partial charge < -0.3 is 15.5 Å². The van der Waals surface area contributed by atoms with Gasteiger partial charge in [-0.3, -0.25) is 4.79 Å². The number of piperidine rings is 1. The van der Waals surface area contributed by atoms with Crippen LogP contribution in [0.1, 0.15) is 25.7 Å². The van der Waals surface area contributed by atoms with Crippen LogP contribution in [0.2, 0.25) is 0 Å². The quantitative estimate of drug-likeness (QED) is 0.594. The molecule has 0 aromatic carbocycles. The van der Waals surface area contributed by atoms with Gasteiger partial charge in [0, 0.05) is 24.9 Å². The van der Waals surface area contributed by atoms with Gasteiger partial charge in [0.15, 0.2) is 0 Å². The molecule has 0 aromatic heterocycles. The average molecular weight is 199 g/mol. The standard InChI is InChI=1S/C10H17NO3/c12-9(13)4-10(14)7-2-1-3-8(10)6-11-5-7/h7-8,11,14H,1-6H2,(H,12,13). The maximum atomic E-state index is 10.7. The first kappa shape index (κ1) is 9.93. The van der Waals surface area contributed by atoms with Crippen LogP contribution >= 0.6 is 0 Å². The van der Waals surface area contributed by atoms with Crippen LogP contribution in [0, 0.1) is 11.8 Å². The highest BCUT2D eigenvalue weighted by molar-refractivity contribution is 5.68. The van der Waals surface area contributed by atoms with E-state index in [2.05, 4.69) is 5.32 Å². The monoisotopic (exact) mass is 199 g/mol. The smallest absolute Gasteiger partial charge is 0.306 e. The highest BCUT2D eigenvalue weighted by Gasteiger charge is 2.49. The Balaban J connectivity index is 2.17. The van der Waals surface area contributed by atoms with Crippen molar-refractivity contribution in [3.05, 3.63) is 0 Å². The summed E-state index contributed by atoms with van der Waals surface area (Å²) < 4.78 is 0. The van der Waals surface area contributed by atoms with E-state index >= 15 is 0 Å². The van der Waals surface area contributed by atoms with Gasteiger partial charge in [-0.15, -0.1) is 0 Å². The van der Waals surface area contributed by atoms with Gasteiger partial charge in [0.1, 0.15) is 0 Å². The van der Waals surface area contributed by atoms with E-state index < -0.39 is 11.6 Å². The van der Waals surface area contributed by atoms with Crippen LogP contribution in [-0.4, -0.2) is 34.9 Å². The fourth-order valence-electron chi connectivity index (χ4n) is 2.96. The zero-order valence-electron chi connectivity index (χ0n) is 8.20. The van der Waals surface area contributed by atoms with Crippen LogP contribution in [0.25, 0.3) is 0 Å². The van der Waals surface area contributed by atoms with Crippen molar-refractivity contribution >= 4 is 5.97 Å². The summed E-state index contributed by atoms with van der Waals surface area (Å²) in [5, 5.41) is 22.5. The maximum absolute atomic E-state index is 10.7. The highest BCUT2D eigenvalue weighted by Crippen LogP contribution is 2.42. The number of aliphatic hydroxyl groups is 1. The Bertz CT molecular complexity index is 220. The molecule has 80 valence electrons. The number of rotatable bonds is 2. The van der Waals surface area contributed by atoms with Gasteiger partial charge in [0.2, 0.25) is 0 Å². The van der Waals surface area contributed by atoms with Crippen LogP contribution < -0.4 is 5.32 Å². The summed E-state index contributed by atoms with van der Waals surface area (Å²) in [5.41, 5.74) is -0.949. The van der Waals surface area contributed by atoms with E-state index in [1.54, 1.807) is 0 Å². The van der Waals surface area contributed by atoms with E-state index in [-0.39, 0.29) is 18.3 Å². The van der Waals surface area contributed by atoms with Gasteiger partial charge in [-0.25, -0.2) is 0 Å². The number of aliphatic carboxylic acids is 1. The summed E-state index contributed by atoms with van der Waals surface area (Å²) >= 11 is 0. The fourth-order valence-corrected chi connectivity index (χ4v) is 2.96. The Labute approximate surface area is 83.3 Å². The summed E-state index contributed by atoms with van der Waals surface area (Å²) in [6, 6.07) is 0. The number of hydrogen-bond donors (Lipinski definition) is 3. The lowest BCUT2D eigenvalue weighted by Gasteiger charge is -2.49. The third-order valence-corrected chi connectivity index (χ3v) is 3.73. The van der Waals surface area contributed by atoms with Gasteiger partial charge in [0.05, 0.1) is 12.0 Å². The van der Waals surface area contributed by atoms with Crippen molar-refractivity contribution in [3.8, 4) is 0 Å². The lowest BCUT2D eigenvalue weighted by atomic mass is 9.64. The summed E-state index contributed by atoms with van der Waals surface area (Å²) in [7, 11) is 0. The number of carboxylic acids is 1.